The second-order valence-electron chi connectivity index (χ2n) is 6.99. The topological polar surface area (TPSA) is 93.8 Å². The second-order valence-corrected chi connectivity index (χ2v) is 6.99. The van der Waals surface area contributed by atoms with E-state index in [1.807, 2.05) is 45.9 Å². The summed E-state index contributed by atoms with van der Waals surface area (Å²) in [6, 6.07) is 5.68. The van der Waals surface area contributed by atoms with Crippen molar-refractivity contribution in [3.63, 3.8) is 0 Å². The molecule has 0 saturated carbocycles. The van der Waals surface area contributed by atoms with E-state index in [0.29, 0.717) is 30.8 Å². The fraction of sp³-hybridized carbons (Fsp3) is 0.526. The first-order valence-corrected chi connectivity index (χ1v) is 8.93. The zero-order chi connectivity index (χ0) is 19.9. The van der Waals surface area contributed by atoms with Crippen molar-refractivity contribution in [2.45, 2.75) is 46.2 Å². The number of hydrogen-bond acceptors (Lipinski definition) is 6. The van der Waals surface area contributed by atoms with Gasteiger partial charge >= 0.3 is 0 Å². The molecule has 0 aliphatic heterocycles. The van der Waals surface area contributed by atoms with E-state index < -0.39 is 0 Å². The number of rotatable bonds is 7. The van der Waals surface area contributed by atoms with Gasteiger partial charge in [0.25, 0.3) is 0 Å². The number of nitrogens with one attached hydrogen (secondary N) is 2. The Morgan fingerprint density at radius 1 is 1.19 bits per heavy atom. The van der Waals surface area contributed by atoms with Crippen LogP contribution in [0.4, 0.5) is 0 Å². The molecule has 0 radical (unpaired) electrons. The van der Waals surface area contributed by atoms with Crippen molar-refractivity contribution in [1.29, 1.82) is 0 Å². The zero-order valence-corrected chi connectivity index (χ0v) is 16.9. The number of benzene rings is 1. The quantitative estimate of drug-likeness (QED) is 0.567. The van der Waals surface area contributed by atoms with Crippen LogP contribution in [0.2, 0.25) is 0 Å². The van der Waals surface area contributed by atoms with E-state index in [-0.39, 0.29) is 5.41 Å². The van der Waals surface area contributed by atoms with Gasteiger partial charge in [-0.25, -0.2) is 4.99 Å². The first kappa shape index (κ1) is 20.5. The normalized spacial score (nSPS) is 12.0. The lowest BCUT2D eigenvalue weighted by molar-refractivity contribution is 0.318. The largest absolute Gasteiger partial charge is 0.497 e. The third kappa shape index (κ3) is 5.87. The van der Waals surface area contributed by atoms with Crippen LogP contribution in [0.5, 0.6) is 11.5 Å². The average Bonchev–Trinajstić information content (AvgIpc) is 3.13. The van der Waals surface area contributed by atoms with Crippen molar-refractivity contribution in [1.82, 2.24) is 20.8 Å². The number of hydrogen-bond donors (Lipinski definition) is 2. The molecule has 0 spiro atoms. The van der Waals surface area contributed by atoms with Crippen molar-refractivity contribution in [2.24, 2.45) is 4.99 Å². The first-order chi connectivity index (χ1) is 12.9. The highest BCUT2D eigenvalue weighted by Crippen LogP contribution is 2.25. The summed E-state index contributed by atoms with van der Waals surface area (Å²) in [5.74, 6) is 3.35. The Morgan fingerprint density at radius 3 is 2.56 bits per heavy atom. The summed E-state index contributed by atoms with van der Waals surface area (Å²) >= 11 is 0. The maximum absolute atomic E-state index is 5.42. The summed E-state index contributed by atoms with van der Waals surface area (Å²) in [4.78, 5) is 9.03. The van der Waals surface area contributed by atoms with Crippen LogP contribution in [0.3, 0.4) is 0 Å². The minimum atomic E-state index is -0.172. The number of methoxy groups -OCH3 is 2. The Balaban J connectivity index is 2.05. The molecule has 1 heterocycles. The Hall–Kier alpha value is -2.77. The molecule has 0 atom stereocenters. The third-order valence-electron chi connectivity index (χ3n) is 3.77. The fourth-order valence-corrected chi connectivity index (χ4v) is 2.28. The fourth-order valence-electron chi connectivity index (χ4n) is 2.28. The summed E-state index contributed by atoms with van der Waals surface area (Å²) in [7, 11) is 3.26. The van der Waals surface area contributed by atoms with Crippen molar-refractivity contribution >= 4 is 5.96 Å². The molecule has 0 unspecified atom stereocenters. The van der Waals surface area contributed by atoms with Gasteiger partial charge in [0.2, 0.25) is 5.89 Å². The molecule has 1 aromatic heterocycles. The van der Waals surface area contributed by atoms with Crippen molar-refractivity contribution in [2.75, 3.05) is 20.8 Å². The van der Waals surface area contributed by atoms with Gasteiger partial charge < -0.3 is 24.6 Å². The Bertz CT molecular complexity index is 765. The van der Waals surface area contributed by atoms with E-state index in [9.17, 15) is 0 Å². The van der Waals surface area contributed by atoms with Gasteiger partial charge in [-0.05, 0) is 19.1 Å². The van der Waals surface area contributed by atoms with Crippen molar-refractivity contribution < 1.29 is 14.0 Å². The van der Waals surface area contributed by atoms with E-state index in [1.165, 1.54) is 0 Å². The molecule has 0 amide bonds. The molecule has 0 aliphatic rings. The van der Waals surface area contributed by atoms with Crippen LogP contribution in [0, 0.1) is 0 Å². The predicted molar refractivity (Wildman–Crippen MR) is 104 cm³/mol. The summed E-state index contributed by atoms with van der Waals surface area (Å²) < 4.78 is 16.0. The monoisotopic (exact) mass is 375 g/mol. The van der Waals surface area contributed by atoms with Gasteiger partial charge in [0, 0.05) is 23.6 Å². The van der Waals surface area contributed by atoms with Gasteiger partial charge in [-0.3, -0.25) is 0 Å². The molecule has 2 rings (SSSR count). The molecule has 0 saturated heterocycles. The number of ether oxygens (including phenoxy) is 2. The average molecular weight is 375 g/mol. The lowest BCUT2D eigenvalue weighted by atomic mass is 9.97. The highest BCUT2D eigenvalue weighted by molar-refractivity contribution is 5.79. The maximum atomic E-state index is 5.42. The van der Waals surface area contributed by atoms with Crippen LogP contribution >= 0.6 is 0 Å². The lowest BCUT2D eigenvalue weighted by Gasteiger charge is -2.12. The molecule has 2 N–H and O–H groups in total. The molecular formula is C19H29N5O3. The summed E-state index contributed by atoms with van der Waals surface area (Å²) in [6.45, 7) is 9.73. The van der Waals surface area contributed by atoms with Gasteiger partial charge in [-0.15, -0.1) is 0 Å². The molecule has 8 heteroatoms. The molecule has 8 nitrogen and oxygen atoms in total. The SMILES string of the molecule is CCNC(=NCc1ccc(OC)cc1OC)NCc1noc(C(C)(C)C)n1. The number of aromatic nitrogens is 2. The van der Waals surface area contributed by atoms with E-state index in [0.717, 1.165) is 23.6 Å². The highest BCUT2D eigenvalue weighted by atomic mass is 16.5. The van der Waals surface area contributed by atoms with Crippen LogP contribution in [0.15, 0.2) is 27.7 Å². The zero-order valence-electron chi connectivity index (χ0n) is 16.9. The lowest BCUT2D eigenvalue weighted by Crippen LogP contribution is -2.37. The standard InChI is InChI=1S/C19H29N5O3/c1-7-20-18(22-12-16-23-17(27-24-16)19(2,3)4)21-11-13-8-9-14(25-5)10-15(13)26-6/h8-10H,7,11-12H2,1-6H3,(H2,20,21,22). The minimum absolute atomic E-state index is 0.172. The second kappa shape index (κ2) is 9.25. The Kier molecular flexibility index (Phi) is 7.04. The molecular weight excluding hydrogens is 346 g/mol. The summed E-state index contributed by atoms with van der Waals surface area (Å²) in [6.07, 6.45) is 0. The van der Waals surface area contributed by atoms with Gasteiger partial charge in [-0.2, -0.15) is 4.98 Å². The van der Waals surface area contributed by atoms with Crippen LogP contribution < -0.4 is 20.1 Å². The smallest absolute Gasteiger partial charge is 0.232 e. The molecule has 0 aliphatic carbocycles. The number of guanidine groups is 1. The van der Waals surface area contributed by atoms with Crippen LogP contribution in [-0.4, -0.2) is 36.9 Å². The van der Waals surface area contributed by atoms with Crippen LogP contribution in [0.1, 0.15) is 45.0 Å². The van der Waals surface area contributed by atoms with Crippen LogP contribution in [-0.2, 0) is 18.5 Å². The first-order valence-electron chi connectivity index (χ1n) is 8.93. The van der Waals surface area contributed by atoms with E-state index in [4.69, 9.17) is 14.0 Å². The number of aliphatic imine (C=N–C) groups is 1. The summed E-state index contributed by atoms with van der Waals surface area (Å²) in [5.41, 5.74) is 0.791. The molecule has 1 aromatic carbocycles. The van der Waals surface area contributed by atoms with E-state index >= 15 is 0 Å². The molecule has 2 aromatic rings. The summed E-state index contributed by atoms with van der Waals surface area (Å²) in [5, 5.41) is 10.4. The molecule has 148 valence electrons. The van der Waals surface area contributed by atoms with E-state index in [1.54, 1.807) is 14.2 Å². The van der Waals surface area contributed by atoms with Gasteiger partial charge in [0.05, 0.1) is 27.3 Å². The highest BCUT2D eigenvalue weighted by Gasteiger charge is 2.21. The number of nitrogens with zero attached hydrogens (tertiary/aromatic N) is 3. The van der Waals surface area contributed by atoms with Crippen molar-refractivity contribution in [3.05, 3.63) is 35.5 Å². The van der Waals surface area contributed by atoms with Gasteiger partial charge in [0.15, 0.2) is 11.8 Å². The van der Waals surface area contributed by atoms with Gasteiger partial charge in [0.1, 0.15) is 11.5 Å². The Morgan fingerprint density at radius 2 is 1.96 bits per heavy atom. The molecule has 27 heavy (non-hydrogen) atoms. The van der Waals surface area contributed by atoms with Gasteiger partial charge in [-0.1, -0.05) is 25.9 Å². The maximum Gasteiger partial charge on any atom is 0.232 e. The molecule has 0 fully saturated rings. The Labute approximate surface area is 160 Å². The molecule has 0 bridgehead atoms. The third-order valence-corrected chi connectivity index (χ3v) is 3.77. The van der Waals surface area contributed by atoms with E-state index in [2.05, 4.69) is 25.8 Å². The predicted octanol–water partition coefficient (Wildman–Crippen LogP) is 2.64. The van der Waals surface area contributed by atoms with Crippen molar-refractivity contribution in [3.8, 4) is 11.5 Å². The van der Waals surface area contributed by atoms with Crippen LogP contribution in [0.25, 0.3) is 0 Å². The minimum Gasteiger partial charge on any atom is -0.497 e.